The zero-order valence-electron chi connectivity index (χ0n) is 16.6. The van der Waals surface area contributed by atoms with Gasteiger partial charge in [0.2, 0.25) is 5.91 Å². The molecule has 1 aromatic heterocycles. The van der Waals surface area contributed by atoms with Crippen molar-refractivity contribution in [3.8, 4) is 5.75 Å². The highest BCUT2D eigenvalue weighted by atomic mass is 32.1. The minimum Gasteiger partial charge on any atom is -0.496 e. The minimum atomic E-state index is -0.286. The van der Waals surface area contributed by atoms with E-state index in [4.69, 9.17) is 4.74 Å². The van der Waals surface area contributed by atoms with Crippen molar-refractivity contribution in [1.82, 2.24) is 10.2 Å². The van der Waals surface area contributed by atoms with Crippen molar-refractivity contribution >= 4 is 17.2 Å². The Labute approximate surface area is 174 Å². The van der Waals surface area contributed by atoms with E-state index in [1.165, 1.54) is 17.0 Å². The van der Waals surface area contributed by atoms with Crippen LogP contribution in [0.4, 0.5) is 4.39 Å². The SMILES string of the molecule is COc1ccccc1CN(CC(=O)NC(C)c1ccc(F)cc1)Cc1cccs1. The summed E-state index contributed by atoms with van der Waals surface area (Å²) in [5, 5.41) is 5.04. The first-order valence-corrected chi connectivity index (χ1v) is 10.3. The number of methoxy groups -OCH3 is 1. The average Bonchev–Trinajstić information content (AvgIpc) is 3.21. The van der Waals surface area contributed by atoms with Crippen molar-refractivity contribution in [3.05, 3.63) is 87.9 Å². The van der Waals surface area contributed by atoms with Crippen molar-refractivity contribution in [3.63, 3.8) is 0 Å². The van der Waals surface area contributed by atoms with E-state index in [2.05, 4.69) is 16.3 Å². The number of carbonyl (C=O) groups excluding carboxylic acids is 1. The van der Waals surface area contributed by atoms with Gasteiger partial charge in [-0.3, -0.25) is 9.69 Å². The van der Waals surface area contributed by atoms with E-state index in [9.17, 15) is 9.18 Å². The van der Waals surface area contributed by atoms with Gasteiger partial charge in [-0.25, -0.2) is 4.39 Å². The van der Waals surface area contributed by atoms with Crippen LogP contribution < -0.4 is 10.1 Å². The Hall–Kier alpha value is -2.70. The molecule has 1 amide bonds. The van der Waals surface area contributed by atoms with Crippen molar-refractivity contribution in [2.45, 2.75) is 26.1 Å². The first-order chi connectivity index (χ1) is 14.0. The lowest BCUT2D eigenvalue weighted by molar-refractivity contribution is -0.123. The van der Waals surface area contributed by atoms with Gasteiger partial charge in [0.05, 0.1) is 19.7 Å². The number of thiophene rings is 1. The van der Waals surface area contributed by atoms with Crippen LogP contribution in [0.2, 0.25) is 0 Å². The maximum atomic E-state index is 13.1. The highest BCUT2D eigenvalue weighted by Crippen LogP contribution is 2.21. The molecule has 1 N–H and O–H groups in total. The van der Waals surface area contributed by atoms with Crippen LogP contribution in [0.1, 0.15) is 29.0 Å². The fraction of sp³-hybridized carbons (Fsp3) is 0.261. The number of hydrogen-bond acceptors (Lipinski definition) is 4. The first kappa shape index (κ1) is 21.0. The van der Waals surface area contributed by atoms with Crippen LogP contribution in [-0.4, -0.2) is 24.5 Å². The Kier molecular flexibility index (Phi) is 7.38. The molecule has 152 valence electrons. The molecule has 0 saturated carbocycles. The molecule has 1 heterocycles. The van der Waals surface area contributed by atoms with Gasteiger partial charge >= 0.3 is 0 Å². The molecular formula is C23H25FN2O2S. The molecule has 3 aromatic rings. The number of halogens is 1. The molecule has 3 rings (SSSR count). The Morgan fingerprint density at radius 2 is 1.86 bits per heavy atom. The second-order valence-corrected chi connectivity index (χ2v) is 7.91. The summed E-state index contributed by atoms with van der Waals surface area (Å²) < 4.78 is 18.6. The number of benzene rings is 2. The average molecular weight is 413 g/mol. The molecule has 0 fully saturated rings. The first-order valence-electron chi connectivity index (χ1n) is 9.46. The van der Waals surface area contributed by atoms with Gasteiger partial charge in [-0.2, -0.15) is 0 Å². The fourth-order valence-electron chi connectivity index (χ4n) is 3.19. The summed E-state index contributed by atoms with van der Waals surface area (Å²) in [5.74, 6) is 0.447. The molecule has 2 aromatic carbocycles. The summed E-state index contributed by atoms with van der Waals surface area (Å²) in [5.41, 5.74) is 1.90. The van der Waals surface area contributed by atoms with Gasteiger partial charge < -0.3 is 10.1 Å². The molecule has 4 nitrogen and oxygen atoms in total. The minimum absolute atomic E-state index is 0.0757. The number of ether oxygens (including phenoxy) is 1. The number of rotatable bonds is 9. The molecule has 0 aliphatic carbocycles. The van der Waals surface area contributed by atoms with E-state index in [1.54, 1.807) is 30.6 Å². The van der Waals surface area contributed by atoms with Crippen molar-refractivity contribution < 1.29 is 13.9 Å². The Balaban J connectivity index is 1.68. The van der Waals surface area contributed by atoms with Crippen molar-refractivity contribution in [1.29, 1.82) is 0 Å². The highest BCUT2D eigenvalue weighted by molar-refractivity contribution is 7.09. The lowest BCUT2D eigenvalue weighted by Crippen LogP contribution is -2.37. The molecule has 0 spiro atoms. The number of amides is 1. The van der Waals surface area contributed by atoms with E-state index in [-0.39, 0.29) is 24.3 Å². The monoisotopic (exact) mass is 412 g/mol. The largest absolute Gasteiger partial charge is 0.496 e. The predicted molar refractivity (Wildman–Crippen MR) is 114 cm³/mol. The quantitative estimate of drug-likeness (QED) is 0.550. The number of para-hydroxylation sites is 1. The smallest absolute Gasteiger partial charge is 0.234 e. The molecule has 1 unspecified atom stereocenters. The third kappa shape index (κ3) is 6.14. The van der Waals surface area contributed by atoms with Crippen LogP contribution in [-0.2, 0) is 17.9 Å². The lowest BCUT2D eigenvalue weighted by atomic mass is 10.1. The molecule has 6 heteroatoms. The van der Waals surface area contributed by atoms with Crippen LogP contribution in [0.5, 0.6) is 5.75 Å². The maximum absolute atomic E-state index is 13.1. The summed E-state index contributed by atoms with van der Waals surface area (Å²) in [7, 11) is 1.65. The van der Waals surface area contributed by atoms with Gasteiger partial charge in [-0.05, 0) is 42.1 Å². The van der Waals surface area contributed by atoms with E-state index in [0.29, 0.717) is 13.1 Å². The predicted octanol–water partition coefficient (Wildman–Crippen LogP) is 4.78. The normalized spacial score (nSPS) is 12.0. The molecule has 0 aliphatic heterocycles. The van der Waals surface area contributed by atoms with E-state index < -0.39 is 0 Å². The molecule has 0 bridgehead atoms. The number of hydrogen-bond donors (Lipinski definition) is 1. The Morgan fingerprint density at radius 1 is 1.10 bits per heavy atom. The van der Waals surface area contributed by atoms with Crippen LogP contribution in [0.25, 0.3) is 0 Å². The molecule has 0 radical (unpaired) electrons. The van der Waals surface area contributed by atoms with Gasteiger partial charge in [0.25, 0.3) is 0 Å². The number of nitrogens with one attached hydrogen (secondary N) is 1. The second-order valence-electron chi connectivity index (χ2n) is 6.88. The summed E-state index contributed by atoms with van der Waals surface area (Å²) in [4.78, 5) is 16.0. The van der Waals surface area contributed by atoms with Crippen LogP contribution in [0, 0.1) is 5.82 Å². The van der Waals surface area contributed by atoms with Crippen LogP contribution in [0.3, 0.4) is 0 Å². The van der Waals surface area contributed by atoms with Crippen LogP contribution in [0.15, 0.2) is 66.0 Å². The Morgan fingerprint density at radius 3 is 2.55 bits per heavy atom. The van der Waals surface area contributed by atoms with Crippen molar-refractivity contribution in [2.75, 3.05) is 13.7 Å². The highest BCUT2D eigenvalue weighted by Gasteiger charge is 2.17. The molecular weight excluding hydrogens is 387 g/mol. The Bertz CT molecular complexity index is 913. The van der Waals surface area contributed by atoms with E-state index in [0.717, 1.165) is 16.9 Å². The standard InChI is InChI=1S/C23H25FN2O2S/c1-17(18-9-11-20(24)12-10-18)25-23(27)16-26(15-21-7-5-13-29-21)14-19-6-3-4-8-22(19)28-2/h3-13,17H,14-16H2,1-2H3,(H,25,27). The van der Waals surface area contributed by atoms with Gasteiger partial charge in [0, 0.05) is 23.5 Å². The molecule has 1 atom stereocenters. The van der Waals surface area contributed by atoms with Crippen LogP contribution >= 0.6 is 11.3 Å². The van der Waals surface area contributed by atoms with Gasteiger partial charge in [-0.1, -0.05) is 36.4 Å². The summed E-state index contributed by atoms with van der Waals surface area (Å²) in [6, 6.07) is 17.9. The third-order valence-corrected chi connectivity index (χ3v) is 5.52. The van der Waals surface area contributed by atoms with E-state index >= 15 is 0 Å². The third-order valence-electron chi connectivity index (χ3n) is 4.66. The zero-order valence-corrected chi connectivity index (χ0v) is 17.4. The lowest BCUT2D eigenvalue weighted by Gasteiger charge is -2.23. The summed E-state index contributed by atoms with van der Waals surface area (Å²) in [6.45, 7) is 3.42. The van der Waals surface area contributed by atoms with Gasteiger partial charge in [-0.15, -0.1) is 11.3 Å². The summed E-state index contributed by atoms with van der Waals surface area (Å²) in [6.07, 6.45) is 0. The van der Waals surface area contributed by atoms with Gasteiger partial charge in [0.1, 0.15) is 11.6 Å². The molecule has 0 saturated heterocycles. The second kappa shape index (κ2) is 10.2. The molecule has 0 aliphatic rings. The molecule has 29 heavy (non-hydrogen) atoms. The van der Waals surface area contributed by atoms with Crippen molar-refractivity contribution in [2.24, 2.45) is 0 Å². The topological polar surface area (TPSA) is 41.6 Å². The number of carbonyl (C=O) groups is 1. The maximum Gasteiger partial charge on any atom is 0.234 e. The number of nitrogens with zero attached hydrogens (tertiary/aromatic N) is 1. The zero-order chi connectivity index (χ0) is 20.6. The van der Waals surface area contributed by atoms with Gasteiger partial charge in [0.15, 0.2) is 0 Å². The fourth-order valence-corrected chi connectivity index (χ4v) is 3.94. The van der Waals surface area contributed by atoms with E-state index in [1.807, 2.05) is 42.6 Å². The summed E-state index contributed by atoms with van der Waals surface area (Å²) >= 11 is 1.67.